The number of anilines is 1. The van der Waals surface area contributed by atoms with Crippen LogP contribution >= 0.6 is 8.53 Å². The lowest BCUT2D eigenvalue weighted by molar-refractivity contribution is 0.318. The fraction of sp³-hybridized carbons (Fsp3) is 0.286. The smallest absolute Gasteiger partial charge is 0.346 e. The highest BCUT2D eigenvalue weighted by atomic mass is 31.2. The minimum atomic E-state index is -1.76. The van der Waals surface area contributed by atoms with Crippen molar-refractivity contribution in [1.82, 2.24) is 9.97 Å². The molecule has 0 fully saturated rings. The zero-order valence-corrected chi connectivity index (χ0v) is 9.22. The molecule has 1 aromatic rings. The maximum atomic E-state index is 10.2. The van der Waals surface area contributed by atoms with E-state index < -0.39 is 14.2 Å². The summed E-state index contributed by atoms with van der Waals surface area (Å²) in [6, 6.07) is 3.36. The normalized spacial score (nSPS) is 10.8. The summed E-state index contributed by atoms with van der Waals surface area (Å²) in [7, 11) is -1.76. The highest BCUT2D eigenvalue weighted by Crippen LogP contribution is 2.18. The summed E-state index contributed by atoms with van der Waals surface area (Å²) in [5, 5.41) is 7.93. The van der Waals surface area contributed by atoms with Gasteiger partial charge in [0, 0.05) is 6.20 Å². The average molecular weight is 245 g/mol. The largest absolute Gasteiger partial charge is 0.385 e. The van der Waals surface area contributed by atoms with Crippen molar-refractivity contribution in [3.8, 4) is 6.07 Å². The first-order valence-electron chi connectivity index (χ1n) is 4.10. The maximum Gasteiger partial charge on any atom is 0.346 e. The van der Waals surface area contributed by atoms with Crippen LogP contribution in [0.2, 0.25) is 0 Å². The molecule has 1 aromatic heterocycles. The van der Waals surface area contributed by atoms with Gasteiger partial charge in [0.15, 0.2) is 0 Å². The monoisotopic (exact) mass is 245 g/mol. The number of hydrogen-bond acceptors (Lipinski definition) is 7. The van der Waals surface area contributed by atoms with E-state index in [0.29, 0.717) is 5.82 Å². The van der Waals surface area contributed by atoms with Crippen LogP contribution < -0.4 is 16.9 Å². The highest BCUT2D eigenvalue weighted by molar-refractivity contribution is 7.43. The van der Waals surface area contributed by atoms with Gasteiger partial charge in [0.1, 0.15) is 5.82 Å². The van der Waals surface area contributed by atoms with E-state index in [0.717, 1.165) is 0 Å². The van der Waals surface area contributed by atoms with Crippen molar-refractivity contribution < 1.29 is 9.42 Å². The summed E-state index contributed by atoms with van der Waals surface area (Å²) in [4.78, 5) is 24.2. The van der Waals surface area contributed by atoms with Crippen molar-refractivity contribution in [2.75, 3.05) is 12.3 Å². The number of nitrogen functional groups attached to an aromatic ring is 1. The first-order valence-corrected chi connectivity index (χ1v) is 5.38. The van der Waals surface area contributed by atoms with E-state index in [1.165, 1.54) is 12.3 Å². The first kappa shape index (κ1) is 14.5. The SMILES string of the molecule is N#CCCOP(N)O.Nc1ccnc(=O)[nH]1. The predicted octanol–water partition coefficient (Wildman–Crippen LogP) is -0.553. The number of H-pyrrole nitrogens is 1. The fourth-order valence-corrected chi connectivity index (χ4v) is 0.846. The Morgan fingerprint density at radius 3 is 2.81 bits per heavy atom. The Balaban J connectivity index is 0.000000281. The van der Waals surface area contributed by atoms with E-state index in [2.05, 4.69) is 14.5 Å². The number of nitrogens with two attached hydrogens (primary N) is 2. The lowest BCUT2D eigenvalue weighted by Crippen LogP contribution is -2.10. The Labute approximate surface area is 92.8 Å². The van der Waals surface area contributed by atoms with Gasteiger partial charge in [0.2, 0.25) is 8.53 Å². The lowest BCUT2D eigenvalue weighted by Gasteiger charge is -1.99. The number of hydrogen-bond donors (Lipinski definition) is 4. The van der Waals surface area contributed by atoms with Crippen LogP contribution in [0.1, 0.15) is 6.42 Å². The molecule has 0 bridgehead atoms. The molecule has 16 heavy (non-hydrogen) atoms. The van der Waals surface area contributed by atoms with Gasteiger partial charge in [-0.2, -0.15) is 5.26 Å². The Bertz CT molecular complexity index is 388. The van der Waals surface area contributed by atoms with Crippen LogP contribution in [0.25, 0.3) is 0 Å². The summed E-state index contributed by atoms with van der Waals surface area (Å²) in [6.07, 6.45) is 1.63. The van der Waals surface area contributed by atoms with Crippen LogP contribution in [0.4, 0.5) is 5.82 Å². The molecular formula is C7H12N5O3P. The topological polar surface area (TPSA) is 151 Å². The Hall–Kier alpha value is -1.52. The van der Waals surface area contributed by atoms with Gasteiger partial charge in [-0.15, -0.1) is 0 Å². The Kier molecular flexibility index (Phi) is 7.93. The van der Waals surface area contributed by atoms with Gasteiger partial charge in [-0.3, -0.25) is 10.5 Å². The number of aromatic nitrogens is 2. The highest BCUT2D eigenvalue weighted by Gasteiger charge is 1.92. The van der Waals surface area contributed by atoms with Crippen LogP contribution in [-0.4, -0.2) is 21.5 Å². The molecule has 1 unspecified atom stereocenters. The van der Waals surface area contributed by atoms with Gasteiger partial charge in [-0.1, -0.05) is 0 Å². The van der Waals surface area contributed by atoms with Crippen LogP contribution in [0, 0.1) is 11.3 Å². The molecule has 1 heterocycles. The lowest BCUT2D eigenvalue weighted by atomic mass is 10.5. The van der Waals surface area contributed by atoms with Crippen molar-refractivity contribution in [2.24, 2.45) is 5.50 Å². The van der Waals surface area contributed by atoms with Gasteiger partial charge in [0.05, 0.1) is 19.1 Å². The second-order valence-electron chi connectivity index (χ2n) is 2.37. The zero-order chi connectivity index (χ0) is 12.4. The molecule has 6 N–H and O–H groups in total. The molecule has 0 amide bonds. The minimum Gasteiger partial charge on any atom is -0.385 e. The van der Waals surface area contributed by atoms with E-state index >= 15 is 0 Å². The fourth-order valence-electron chi connectivity index (χ4n) is 0.567. The summed E-state index contributed by atoms with van der Waals surface area (Å²) in [5.41, 5.74) is 9.57. The quantitative estimate of drug-likeness (QED) is 0.411. The van der Waals surface area contributed by atoms with Gasteiger partial charge >= 0.3 is 5.69 Å². The third-order valence-corrected chi connectivity index (χ3v) is 1.58. The molecular weight excluding hydrogens is 233 g/mol. The first-order chi connectivity index (χ1) is 7.56. The number of nitrogens with zero attached hydrogens (tertiary/aromatic N) is 2. The number of rotatable bonds is 3. The molecule has 0 spiro atoms. The molecule has 0 aliphatic heterocycles. The molecule has 0 aromatic carbocycles. The Morgan fingerprint density at radius 1 is 1.75 bits per heavy atom. The maximum absolute atomic E-state index is 10.2. The molecule has 8 nitrogen and oxygen atoms in total. The van der Waals surface area contributed by atoms with Crippen molar-refractivity contribution in [2.45, 2.75) is 6.42 Å². The predicted molar refractivity (Wildman–Crippen MR) is 58.8 cm³/mol. The molecule has 0 aliphatic rings. The van der Waals surface area contributed by atoms with E-state index in [1.807, 2.05) is 6.07 Å². The summed E-state index contributed by atoms with van der Waals surface area (Å²) in [6.45, 7) is 0.217. The molecule has 0 aliphatic carbocycles. The molecule has 1 rings (SSSR count). The van der Waals surface area contributed by atoms with Gasteiger partial charge in [-0.25, -0.2) is 9.78 Å². The van der Waals surface area contributed by atoms with E-state index in [9.17, 15) is 4.79 Å². The molecule has 9 heteroatoms. The number of nitrogens with one attached hydrogen (secondary N) is 1. The van der Waals surface area contributed by atoms with Gasteiger partial charge in [-0.05, 0) is 6.07 Å². The van der Waals surface area contributed by atoms with Crippen molar-refractivity contribution >= 4 is 14.3 Å². The summed E-state index contributed by atoms with van der Waals surface area (Å²) >= 11 is 0. The molecule has 88 valence electrons. The van der Waals surface area contributed by atoms with E-state index in [4.69, 9.17) is 21.4 Å². The molecule has 0 saturated carbocycles. The third-order valence-electron chi connectivity index (χ3n) is 1.13. The van der Waals surface area contributed by atoms with Crippen LogP contribution in [0.15, 0.2) is 17.1 Å². The van der Waals surface area contributed by atoms with E-state index in [-0.39, 0.29) is 13.0 Å². The number of aromatic amines is 1. The second-order valence-corrected chi connectivity index (χ2v) is 3.24. The molecule has 0 radical (unpaired) electrons. The van der Waals surface area contributed by atoms with Crippen molar-refractivity contribution in [1.29, 1.82) is 5.26 Å². The zero-order valence-electron chi connectivity index (χ0n) is 8.33. The van der Waals surface area contributed by atoms with Crippen LogP contribution in [0.5, 0.6) is 0 Å². The molecule has 0 saturated heterocycles. The molecule has 1 atom stereocenters. The standard InChI is InChI=1S/C4H5N3O.C3H7N2O2P/c5-3-1-2-6-4(8)7-3;4-2-1-3-7-8(5)6/h1-2H,(H3,5,6,7,8);6H,1,3,5H2. The second kappa shape index (κ2) is 8.76. The van der Waals surface area contributed by atoms with Crippen LogP contribution in [-0.2, 0) is 4.52 Å². The average Bonchev–Trinajstić information content (AvgIpc) is 2.18. The van der Waals surface area contributed by atoms with Crippen molar-refractivity contribution in [3.63, 3.8) is 0 Å². The van der Waals surface area contributed by atoms with E-state index in [1.54, 1.807) is 0 Å². The Morgan fingerprint density at radius 2 is 2.44 bits per heavy atom. The van der Waals surface area contributed by atoms with Crippen LogP contribution in [0.3, 0.4) is 0 Å². The summed E-state index contributed by atoms with van der Waals surface area (Å²) < 4.78 is 4.46. The van der Waals surface area contributed by atoms with Crippen molar-refractivity contribution in [3.05, 3.63) is 22.7 Å². The third kappa shape index (κ3) is 9.05. The number of nitriles is 1. The minimum absolute atomic E-state index is 0.217. The van der Waals surface area contributed by atoms with Gasteiger partial charge < -0.3 is 15.2 Å². The van der Waals surface area contributed by atoms with Gasteiger partial charge in [0.25, 0.3) is 0 Å². The summed E-state index contributed by atoms with van der Waals surface area (Å²) in [5.74, 6) is 0.338.